The first-order chi connectivity index (χ1) is 9.60. The molecular formula is C13H15N3O2S2. The van der Waals surface area contributed by atoms with Crippen molar-refractivity contribution in [3.63, 3.8) is 0 Å². The lowest BCUT2D eigenvalue weighted by atomic mass is 10.2. The summed E-state index contributed by atoms with van der Waals surface area (Å²) in [6.07, 6.45) is 0. The average molecular weight is 309 g/mol. The van der Waals surface area contributed by atoms with Crippen LogP contribution in [0.25, 0.3) is 0 Å². The number of aryl methyl sites for hydroxylation is 1. The van der Waals surface area contributed by atoms with Crippen molar-refractivity contribution in [2.45, 2.75) is 18.2 Å². The standard InChI is InChI=1S/C13H15N3O2S2/c1-3-16(10-6-4-5-9(2)7-10)12-14-15-13(20-12)19-8-11(17)18/h4-7H,3,8H2,1-2H3,(H,17,18). The third kappa shape index (κ3) is 3.71. The van der Waals surface area contributed by atoms with Crippen LogP contribution in [0.2, 0.25) is 0 Å². The molecule has 0 fully saturated rings. The van der Waals surface area contributed by atoms with Crippen LogP contribution in [0.15, 0.2) is 28.6 Å². The summed E-state index contributed by atoms with van der Waals surface area (Å²) >= 11 is 2.61. The van der Waals surface area contributed by atoms with Gasteiger partial charge in [-0.2, -0.15) is 0 Å². The Kier molecular flexibility index (Phi) is 4.97. The van der Waals surface area contributed by atoms with Crippen molar-refractivity contribution in [2.75, 3.05) is 17.2 Å². The number of nitrogens with zero attached hydrogens (tertiary/aromatic N) is 3. The topological polar surface area (TPSA) is 66.3 Å². The van der Waals surface area contributed by atoms with Crippen LogP contribution in [0.4, 0.5) is 10.8 Å². The van der Waals surface area contributed by atoms with Crippen LogP contribution in [-0.4, -0.2) is 33.6 Å². The van der Waals surface area contributed by atoms with E-state index < -0.39 is 5.97 Å². The first-order valence-corrected chi connectivity index (χ1v) is 7.92. The summed E-state index contributed by atoms with van der Waals surface area (Å²) in [6.45, 7) is 4.88. The van der Waals surface area contributed by atoms with Crippen molar-refractivity contribution >= 4 is 39.9 Å². The van der Waals surface area contributed by atoms with Crippen LogP contribution in [0.5, 0.6) is 0 Å². The molecule has 0 aliphatic carbocycles. The van der Waals surface area contributed by atoms with Gasteiger partial charge in [0, 0.05) is 12.2 Å². The molecule has 2 rings (SSSR count). The SMILES string of the molecule is CCN(c1cccc(C)c1)c1nnc(SCC(=O)O)s1. The van der Waals surface area contributed by atoms with Crippen molar-refractivity contribution in [3.05, 3.63) is 29.8 Å². The van der Waals surface area contributed by atoms with E-state index in [0.29, 0.717) is 4.34 Å². The minimum Gasteiger partial charge on any atom is -0.481 e. The largest absolute Gasteiger partial charge is 0.481 e. The van der Waals surface area contributed by atoms with E-state index in [1.54, 1.807) is 0 Å². The average Bonchev–Trinajstić information content (AvgIpc) is 2.86. The van der Waals surface area contributed by atoms with E-state index in [2.05, 4.69) is 21.2 Å². The normalized spacial score (nSPS) is 10.5. The molecule has 0 saturated carbocycles. The Balaban J connectivity index is 2.18. The zero-order valence-electron chi connectivity index (χ0n) is 11.2. The zero-order chi connectivity index (χ0) is 14.5. The summed E-state index contributed by atoms with van der Waals surface area (Å²) in [5.41, 5.74) is 2.25. The van der Waals surface area contributed by atoms with Gasteiger partial charge in [-0.3, -0.25) is 4.79 Å². The smallest absolute Gasteiger partial charge is 0.313 e. The van der Waals surface area contributed by atoms with Crippen LogP contribution in [0.3, 0.4) is 0 Å². The Morgan fingerprint density at radius 1 is 1.45 bits per heavy atom. The molecule has 7 heteroatoms. The predicted molar refractivity (Wildman–Crippen MR) is 82.1 cm³/mol. The molecule has 0 spiro atoms. The Hall–Kier alpha value is -1.60. The predicted octanol–water partition coefficient (Wildman–Crippen LogP) is 3.18. The van der Waals surface area contributed by atoms with E-state index in [0.717, 1.165) is 17.4 Å². The molecule has 0 radical (unpaired) electrons. The van der Waals surface area contributed by atoms with Gasteiger partial charge >= 0.3 is 5.97 Å². The molecule has 1 aromatic heterocycles. The molecule has 1 aromatic carbocycles. The number of aliphatic carboxylic acids is 1. The second kappa shape index (κ2) is 6.71. The van der Waals surface area contributed by atoms with Gasteiger partial charge in [-0.05, 0) is 31.5 Å². The van der Waals surface area contributed by atoms with Gasteiger partial charge in [-0.15, -0.1) is 10.2 Å². The first-order valence-electron chi connectivity index (χ1n) is 6.12. The molecule has 2 aromatic rings. The van der Waals surface area contributed by atoms with E-state index in [-0.39, 0.29) is 5.75 Å². The third-order valence-corrected chi connectivity index (χ3v) is 4.64. The second-order valence-corrected chi connectivity index (χ2v) is 6.29. The molecule has 5 nitrogen and oxygen atoms in total. The number of rotatable bonds is 6. The Labute approximate surface area is 125 Å². The minimum atomic E-state index is -0.849. The molecule has 106 valence electrons. The molecule has 0 saturated heterocycles. The summed E-state index contributed by atoms with van der Waals surface area (Å²) in [5, 5.41) is 17.6. The fourth-order valence-corrected chi connectivity index (χ4v) is 3.36. The highest BCUT2D eigenvalue weighted by molar-refractivity contribution is 8.01. The monoisotopic (exact) mass is 309 g/mol. The van der Waals surface area contributed by atoms with Crippen LogP contribution in [0, 0.1) is 6.92 Å². The number of hydrogen-bond donors (Lipinski definition) is 1. The van der Waals surface area contributed by atoms with Crippen molar-refractivity contribution in [1.82, 2.24) is 10.2 Å². The molecule has 0 aliphatic heterocycles. The van der Waals surface area contributed by atoms with E-state index >= 15 is 0 Å². The van der Waals surface area contributed by atoms with Gasteiger partial charge in [0.05, 0.1) is 5.75 Å². The maximum atomic E-state index is 10.6. The number of benzene rings is 1. The summed E-state index contributed by atoms with van der Waals surface area (Å²) in [5.74, 6) is -0.844. The van der Waals surface area contributed by atoms with Gasteiger partial charge in [0.1, 0.15) is 0 Å². The summed E-state index contributed by atoms with van der Waals surface area (Å²) in [4.78, 5) is 12.6. The zero-order valence-corrected chi connectivity index (χ0v) is 12.9. The number of thioether (sulfide) groups is 1. The molecule has 0 aliphatic rings. The highest BCUT2D eigenvalue weighted by Crippen LogP contribution is 2.32. The first kappa shape index (κ1) is 14.8. The highest BCUT2D eigenvalue weighted by Gasteiger charge is 2.14. The van der Waals surface area contributed by atoms with E-state index in [4.69, 9.17) is 5.11 Å². The molecule has 1 heterocycles. The minimum absolute atomic E-state index is 0.00516. The fourth-order valence-electron chi connectivity index (χ4n) is 1.72. The van der Waals surface area contributed by atoms with Crippen molar-refractivity contribution in [3.8, 4) is 0 Å². The van der Waals surface area contributed by atoms with Gasteiger partial charge in [0.15, 0.2) is 4.34 Å². The number of carboxylic acid groups (broad SMARTS) is 1. The lowest BCUT2D eigenvalue weighted by molar-refractivity contribution is -0.133. The van der Waals surface area contributed by atoms with E-state index in [1.165, 1.54) is 28.7 Å². The molecule has 1 N–H and O–H groups in total. The van der Waals surface area contributed by atoms with Crippen LogP contribution in [0.1, 0.15) is 12.5 Å². The third-order valence-electron chi connectivity index (χ3n) is 2.58. The van der Waals surface area contributed by atoms with E-state index in [1.807, 2.05) is 32.0 Å². The molecule has 0 atom stereocenters. The number of aromatic nitrogens is 2. The molecule has 20 heavy (non-hydrogen) atoms. The molecular weight excluding hydrogens is 294 g/mol. The van der Waals surface area contributed by atoms with Gasteiger partial charge in [0.25, 0.3) is 0 Å². The van der Waals surface area contributed by atoms with Crippen LogP contribution < -0.4 is 4.90 Å². The van der Waals surface area contributed by atoms with Gasteiger partial charge in [-0.25, -0.2) is 0 Å². The van der Waals surface area contributed by atoms with Crippen molar-refractivity contribution in [2.24, 2.45) is 0 Å². The van der Waals surface area contributed by atoms with E-state index in [9.17, 15) is 4.79 Å². The fraction of sp³-hybridized carbons (Fsp3) is 0.308. The lowest BCUT2D eigenvalue weighted by Crippen LogP contribution is -2.15. The number of carboxylic acids is 1. The van der Waals surface area contributed by atoms with Gasteiger partial charge in [0.2, 0.25) is 5.13 Å². The number of hydrogen-bond acceptors (Lipinski definition) is 6. The van der Waals surface area contributed by atoms with Crippen molar-refractivity contribution in [1.29, 1.82) is 0 Å². The second-order valence-electron chi connectivity index (χ2n) is 4.12. The highest BCUT2D eigenvalue weighted by atomic mass is 32.2. The molecule has 0 unspecified atom stereocenters. The Morgan fingerprint density at radius 2 is 2.25 bits per heavy atom. The van der Waals surface area contributed by atoms with Crippen LogP contribution >= 0.6 is 23.1 Å². The summed E-state index contributed by atoms with van der Waals surface area (Å²) in [7, 11) is 0. The van der Waals surface area contributed by atoms with Gasteiger partial charge in [-0.1, -0.05) is 35.2 Å². The van der Waals surface area contributed by atoms with Crippen molar-refractivity contribution < 1.29 is 9.90 Å². The maximum absolute atomic E-state index is 10.6. The number of anilines is 2. The lowest BCUT2D eigenvalue weighted by Gasteiger charge is -2.19. The van der Waals surface area contributed by atoms with Gasteiger partial charge < -0.3 is 10.0 Å². The maximum Gasteiger partial charge on any atom is 0.313 e. The quantitative estimate of drug-likeness (QED) is 0.827. The molecule has 0 bridgehead atoms. The Morgan fingerprint density at radius 3 is 2.90 bits per heavy atom. The summed E-state index contributed by atoms with van der Waals surface area (Å²) < 4.78 is 0.675. The number of carbonyl (C=O) groups is 1. The summed E-state index contributed by atoms with van der Waals surface area (Å²) in [6, 6.07) is 8.18. The molecule has 0 amide bonds. The Bertz CT molecular complexity index is 601. The van der Waals surface area contributed by atoms with Crippen LogP contribution in [-0.2, 0) is 4.79 Å².